The van der Waals surface area contributed by atoms with E-state index in [0.29, 0.717) is 0 Å². The number of nitrogens with zero attached hydrogens (tertiary/aromatic N) is 1. The topological polar surface area (TPSA) is 148 Å². The Hall–Kier alpha value is -1.69. The maximum Gasteiger partial charge on any atom is 0.336 e. The molecule has 0 aromatic rings. The van der Waals surface area contributed by atoms with Crippen LogP contribution < -0.4 is 0 Å². The van der Waals surface area contributed by atoms with Crippen LogP contribution in [0.15, 0.2) is 0 Å². The quantitative estimate of drug-likeness (QED) is 0.312. The fourth-order valence-corrected chi connectivity index (χ4v) is 1.24. The molecule has 0 heterocycles. The first-order valence-corrected chi connectivity index (χ1v) is 4.66. The molecule has 8 heteroatoms. The molecule has 1 unspecified atom stereocenters. The van der Waals surface area contributed by atoms with E-state index in [9.17, 15) is 9.59 Å². The normalized spacial score (nSPS) is 14.0. The van der Waals surface area contributed by atoms with Crippen molar-refractivity contribution in [2.24, 2.45) is 0 Å². The Morgan fingerprint density at radius 3 is 2.29 bits per heavy atom. The molecule has 4 N–H and O–H groups in total. The Kier molecular flexibility index (Phi) is 6.12. The molecular formula is C9H13NO7. The van der Waals surface area contributed by atoms with Gasteiger partial charge in [-0.1, -0.05) is 0 Å². The number of carboxylic acid groups (broad SMARTS) is 2. The van der Waals surface area contributed by atoms with E-state index in [1.165, 1.54) is 0 Å². The number of aliphatic carboxylic acids is 2. The lowest BCUT2D eigenvalue weighted by molar-refractivity contribution is -0.186. The highest BCUT2D eigenvalue weighted by Gasteiger charge is 2.43. The highest BCUT2D eigenvalue weighted by molar-refractivity contribution is 5.84. The Bertz CT molecular complexity index is 322. The third-order valence-electron chi connectivity index (χ3n) is 1.93. The van der Waals surface area contributed by atoms with Crippen LogP contribution in [-0.4, -0.2) is 50.9 Å². The summed E-state index contributed by atoms with van der Waals surface area (Å²) in [6, 6.07) is 1.70. The number of hydrogen-bond acceptors (Lipinski definition) is 6. The van der Waals surface area contributed by atoms with Crippen molar-refractivity contribution < 1.29 is 34.8 Å². The third-order valence-corrected chi connectivity index (χ3v) is 1.93. The highest BCUT2D eigenvalue weighted by Crippen LogP contribution is 2.23. The van der Waals surface area contributed by atoms with Crippen LogP contribution in [0.3, 0.4) is 0 Å². The van der Waals surface area contributed by atoms with Crippen LogP contribution in [0.1, 0.15) is 19.3 Å². The average Bonchev–Trinajstić information content (AvgIpc) is 2.15. The number of nitriles is 1. The van der Waals surface area contributed by atoms with Gasteiger partial charge in [-0.3, -0.25) is 4.79 Å². The zero-order valence-electron chi connectivity index (χ0n) is 8.87. The van der Waals surface area contributed by atoms with Gasteiger partial charge in [-0.25, -0.2) is 4.79 Å². The van der Waals surface area contributed by atoms with Gasteiger partial charge in [-0.15, -0.1) is 0 Å². The lowest BCUT2D eigenvalue weighted by Gasteiger charge is -2.28. The van der Waals surface area contributed by atoms with Crippen molar-refractivity contribution >= 4 is 11.9 Å². The summed E-state index contributed by atoms with van der Waals surface area (Å²) in [5.74, 6) is -3.07. The lowest BCUT2D eigenvalue weighted by Crippen LogP contribution is -2.46. The molecule has 0 aliphatic heterocycles. The van der Waals surface area contributed by atoms with Gasteiger partial charge in [-0.05, 0) is 0 Å². The molecule has 0 saturated carbocycles. The van der Waals surface area contributed by atoms with Gasteiger partial charge in [0.15, 0.2) is 11.9 Å². The van der Waals surface area contributed by atoms with Gasteiger partial charge in [0.25, 0.3) is 0 Å². The van der Waals surface area contributed by atoms with Crippen LogP contribution >= 0.6 is 0 Å². The molecule has 0 spiro atoms. The van der Waals surface area contributed by atoms with Crippen molar-refractivity contribution in [3.8, 4) is 6.07 Å². The highest BCUT2D eigenvalue weighted by atomic mass is 16.5. The SMILES string of the molecule is N#CCCOC(CC(=O)O)(CC(O)O)C(=O)O. The second kappa shape index (κ2) is 6.80. The summed E-state index contributed by atoms with van der Waals surface area (Å²) in [6.07, 6.45) is -3.87. The van der Waals surface area contributed by atoms with Gasteiger partial charge in [-0.2, -0.15) is 5.26 Å². The first kappa shape index (κ1) is 15.3. The van der Waals surface area contributed by atoms with E-state index in [4.69, 9.17) is 30.4 Å². The van der Waals surface area contributed by atoms with Gasteiger partial charge in [0.1, 0.15) is 0 Å². The van der Waals surface area contributed by atoms with Crippen molar-refractivity contribution in [2.75, 3.05) is 6.61 Å². The number of ether oxygens (including phenoxy) is 1. The fourth-order valence-electron chi connectivity index (χ4n) is 1.24. The van der Waals surface area contributed by atoms with Crippen LogP contribution in [0.25, 0.3) is 0 Å². The van der Waals surface area contributed by atoms with E-state index in [1.54, 1.807) is 6.07 Å². The molecule has 8 nitrogen and oxygen atoms in total. The zero-order chi connectivity index (χ0) is 13.5. The van der Waals surface area contributed by atoms with Crippen LogP contribution in [0.5, 0.6) is 0 Å². The number of rotatable bonds is 8. The van der Waals surface area contributed by atoms with Crippen molar-refractivity contribution in [1.82, 2.24) is 0 Å². The summed E-state index contributed by atoms with van der Waals surface area (Å²) in [4.78, 5) is 21.6. The Balaban J connectivity index is 4.89. The van der Waals surface area contributed by atoms with Gasteiger partial charge in [0.05, 0.1) is 25.5 Å². The Morgan fingerprint density at radius 1 is 1.35 bits per heavy atom. The smallest absolute Gasteiger partial charge is 0.336 e. The summed E-state index contributed by atoms with van der Waals surface area (Å²) in [5.41, 5.74) is -2.24. The zero-order valence-corrected chi connectivity index (χ0v) is 8.87. The first-order chi connectivity index (χ1) is 7.84. The molecule has 0 aliphatic rings. The molecule has 0 bridgehead atoms. The van der Waals surface area contributed by atoms with Gasteiger partial charge in [0, 0.05) is 6.42 Å². The molecule has 0 radical (unpaired) electrons. The fraction of sp³-hybridized carbons (Fsp3) is 0.667. The standard InChI is InChI=1S/C9H13NO7/c10-2-1-3-17-9(8(15)16,4-6(11)12)5-7(13)14/h6,11-12H,1,3-5H2,(H,13,14)(H,15,16). The molecule has 0 aliphatic carbocycles. The molecular weight excluding hydrogens is 234 g/mol. The molecule has 0 fully saturated rings. The second-order valence-corrected chi connectivity index (χ2v) is 3.31. The largest absolute Gasteiger partial charge is 0.481 e. The van der Waals surface area contributed by atoms with E-state index in [2.05, 4.69) is 0 Å². The molecule has 0 amide bonds. The van der Waals surface area contributed by atoms with Crippen LogP contribution in [0.2, 0.25) is 0 Å². The maximum absolute atomic E-state index is 11.0. The third kappa shape index (κ3) is 5.26. The molecule has 96 valence electrons. The minimum absolute atomic E-state index is 0.129. The Morgan fingerprint density at radius 2 is 1.94 bits per heavy atom. The minimum atomic E-state index is -2.24. The molecule has 0 rings (SSSR count). The summed E-state index contributed by atoms with van der Waals surface area (Å²) < 4.78 is 4.83. The van der Waals surface area contributed by atoms with E-state index in [1.807, 2.05) is 0 Å². The maximum atomic E-state index is 11.0. The first-order valence-electron chi connectivity index (χ1n) is 4.66. The lowest BCUT2D eigenvalue weighted by atomic mass is 9.95. The molecule has 0 aromatic heterocycles. The number of aliphatic hydroxyl groups is 2. The van der Waals surface area contributed by atoms with E-state index >= 15 is 0 Å². The molecule has 17 heavy (non-hydrogen) atoms. The van der Waals surface area contributed by atoms with Crippen molar-refractivity contribution in [3.63, 3.8) is 0 Å². The number of hydrogen-bond donors (Lipinski definition) is 4. The van der Waals surface area contributed by atoms with E-state index in [0.717, 1.165) is 0 Å². The van der Waals surface area contributed by atoms with Gasteiger partial charge < -0.3 is 25.2 Å². The summed E-state index contributed by atoms with van der Waals surface area (Å²) in [7, 11) is 0. The summed E-state index contributed by atoms with van der Waals surface area (Å²) in [6.45, 7) is -0.303. The van der Waals surface area contributed by atoms with Gasteiger partial charge in [0.2, 0.25) is 0 Å². The van der Waals surface area contributed by atoms with Crippen LogP contribution in [0, 0.1) is 11.3 Å². The van der Waals surface area contributed by atoms with Crippen molar-refractivity contribution in [3.05, 3.63) is 0 Å². The molecule has 1 atom stereocenters. The van der Waals surface area contributed by atoms with Crippen molar-refractivity contribution in [2.45, 2.75) is 31.2 Å². The molecule has 0 saturated heterocycles. The summed E-state index contributed by atoms with van der Waals surface area (Å²) >= 11 is 0. The summed E-state index contributed by atoms with van der Waals surface area (Å²) in [5, 5.41) is 43.3. The number of aliphatic hydroxyl groups excluding tert-OH is 1. The van der Waals surface area contributed by atoms with Gasteiger partial charge >= 0.3 is 11.9 Å². The van der Waals surface area contributed by atoms with Crippen LogP contribution in [-0.2, 0) is 14.3 Å². The van der Waals surface area contributed by atoms with Crippen molar-refractivity contribution in [1.29, 1.82) is 5.26 Å². The monoisotopic (exact) mass is 247 g/mol. The average molecular weight is 247 g/mol. The second-order valence-electron chi connectivity index (χ2n) is 3.31. The minimum Gasteiger partial charge on any atom is -0.481 e. The number of carboxylic acids is 2. The predicted octanol–water partition coefficient (Wildman–Crippen LogP) is -1.08. The predicted molar refractivity (Wildman–Crippen MR) is 51.6 cm³/mol. The molecule has 0 aromatic carbocycles. The Labute approximate surface area is 96.7 Å². The number of carbonyl (C=O) groups is 2. The van der Waals surface area contributed by atoms with Crippen LogP contribution in [0.4, 0.5) is 0 Å². The van der Waals surface area contributed by atoms with E-state index in [-0.39, 0.29) is 13.0 Å². The van der Waals surface area contributed by atoms with E-state index < -0.39 is 36.7 Å².